The fourth-order valence-corrected chi connectivity index (χ4v) is 3.61. The lowest BCUT2D eigenvalue weighted by Crippen LogP contribution is -2.15. The average molecular weight is 359 g/mol. The Kier molecular flexibility index (Phi) is 4.71. The predicted octanol–water partition coefficient (Wildman–Crippen LogP) is 2.45. The second-order valence-electron chi connectivity index (χ2n) is 5.37. The molecule has 0 saturated carbocycles. The van der Waals surface area contributed by atoms with E-state index >= 15 is 0 Å². The number of ether oxygens (including phenoxy) is 1. The van der Waals surface area contributed by atoms with E-state index in [1.165, 1.54) is 10.7 Å². The Morgan fingerprint density at radius 3 is 2.72 bits per heavy atom. The van der Waals surface area contributed by atoms with E-state index in [4.69, 9.17) is 4.74 Å². The highest BCUT2D eigenvalue weighted by atomic mass is 32.2. The highest BCUT2D eigenvalue weighted by molar-refractivity contribution is 7.91. The van der Waals surface area contributed by atoms with Crippen LogP contribution >= 0.6 is 0 Å². The summed E-state index contributed by atoms with van der Waals surface area (Å²) < 4.78 is 33.7. The average Bonchev–Trinajstić information content (AvgIpc) is 2.98. The van der Waals surface area contributed by atoms with Crippen molar-refractivity contribution in [1.82, 2.24) is 9.61 Å². The van der Waals surface area contributed by atoms with Crippen molar-refractivity contribution in [3.05, 3.63) is 66.0 Å². The van der Waals surface area contributed by atoms with E-state index in [1.807, 2.05) is 6.07 Å². The number of hydrogen-bond acceptors (Lipinski definition) is 5. The van der Waals surface area contributed by atoms with Gasteiger partial charge in [-0.2, -0.15) is 5.10 Å². The number of benzene rings is 1. The number of aromatic nitrogens is 2. The number of carbonyl (C=O) groups excluding carboxylic acids is 1. The van der Waals surface area contributed by atoms with E-state index in [-0.39, 0.29) is 17.9 Å². The second-order valence-corrected chi connectivity index (χ2v) is 7.09. The summed E-state index contributed by atoms with van der Waals surface area (Å²) in [4.78, 5) is 11.9. The van der Waals surface area contributed by atoms with Crippen molar-refractivity contribution in [1.29, 1.82) is 0 Å². The number of rotatable bonds is 6. The van der Waals surface area contributed by atoms with Gasteiger partial charge in [0, 0.05) is 6.20 Å². The number of fused-ring (bicyclic) bond motifs is 1. The molecule has 7 nitrogen and oxygen atoms in total. The lowest BCUT2D eigenvalue weighted by atomic mass is 10.2. The predicted molar refractivity (Wildman–Crippen MR) is 93.8 cm³/mol. The molecule has 3 aromatic rings. The lowest BCUT2D eigenvalue weighted by molar-refractivity contribution is 0.0528. The van der Waals surface area contributed by atoms with E-state index in [0.717, 1.165) is 0 Å². The van der Waals surface area contributed by atoms with Gasteiger partial charge in [0.15, 0.2) is 0 Å². The van der Waals surface area contributed by atoms with Crippen LogP contribution in [-0.2, 0) is 20.5 Å². The molecule has 0 amide bonds. The summed E-state index contributed by atoms with van der Waals surface area (Å²) in [6, 6.07) is 12.0. The molecular formula is C17H17N3O4S. The van der Waals surface area contributed by atoms with Crippen LogP contribution in [0.5, 0.6) is 0 Å². The minimum atomic E-state index is -3.58. The normalized spacial score (nSPS) is 11.4. The molecule has 1 N–H and O–H groups in total. The molecule has 130 valence electrons. The number of esters is 1. The number of nitrogens with zero attached hydrogens (tertiary/aromatic N) is 2. The fourth-order valence-electron chi connectivity index (χ4n) is 2.42. The Morgan fingerprint density at radius 2 is 2.00 bits per heavy atom. The van der Waals surface area contributed by atoms with Gasteiger partial charge in [-0.3, -0.25) is 4.72 Å². The fraction of sp³-hybridized carbons (Fsp3) is 0.176. The third-order valence-corrected chi connectivity index (χ3v) is 4.75. The molecule has 0 atom stereocenters. The smallest absolute Gasteiger partial charge is 0.341 e. The maximum atomic E-state index is 12.3. The monoisotopic (exact) mass is 359 g/mol. The van der Waals surface area contributed by atoms with Crippen molar-refractivity contribution in [2.45, 2.75) is 12.7 Å². The maximum Gasteiger partial charge on any atom is 0.341 e. The molecule has 0 fully saturated rings. The summed E-state index contributed by atoms with van der Waals surface area (Å²) >= 11 is 0. The molecule has 25 heavy (non-hydrogen) atoms. The molecular weight excluding hydrogens is 342 g/mol. The Bertz CT molecular complexity index is 997. The van der Waals surface area contributed by atoms with Crippen molar-refractivity contribution in [3.63, 3.8) is 0 Å². The SMILES string of the molecule is CCOC(=O)c1cnn2ccc(NS(=O)(=O)Cc3ccccc3)cc12. The molecule has 0 aliphatic rings. The largest absolute Gasteiger partial charge is 0.462 e. The molecule has 8 heteroatoms. The Morgan fingerprint density at radius 1 is 1.24 bits per heavy atom. The van der Waals surface area contributed by atoms with E-state index in [2.05, 4.69) is 9.82 Å². The van der Waals surface area contributed by atoms with Crippen LogP contribution in [0.2, 0.25) is 0 Å². The van der Waals surface area contributed by atoms with Gasteiger partial charge >= 0.3 is 5.97 Å². The molecule has 0 unspecified atom stereocenters. The molecule has 0 saturated heterocycles. The number of pyridine rings is 1. The molecule has 0 aliphatic heterocycles. The highest BCUT2D eigenvalue weighted by Gasteiger charge is 2.16. The van der Waals surface area contributed by atoms with Crippen LogP contribution in [0, 0.1) is 0 Å². The Hall–Kier alpha value is -2.87. The van der Waals surface area contributed by atoms with Gasteiger partial charge in [-0.25, -0.2) is 17.7 Å². The molecule has 0 spiro atoms. The van der Waals surface area contributed by atoms with Gasteiger partial charge in [-0.15, -0.1) is 0 Å². The second kappa shape index (κ2) is 6.94. The molecule has 0 bridgehead atoms. The highest BCUT2D eigenvalue weighted by Crippen LogP contribution is 2.19. The summed E-state index contributed by atoms with van der Waals surface area (Å²) in [5.74, 6) is -0.634. The van der Waals surface area contributed by atoms with Crippen molar-refractivity contribution in [2.24, 2.45) is 0 Å². The van der Waals surface area contributed by atoms with E-state index in [1.54, 1.807) is 49.5 Å². The first-order valence-corrected chi connectivity index (χ1v) is 9.32. The van der Waals surface area contributed by atoms with Gasteiger partial charge in [0.2, 0.25) is 10.0 Å². The van der Waals surface area contributed by atoms with E-state index in [0.29, 0.717) is 16.8 Å². The van der Waals surface area contributed by atoms with Gasteiger partial charge < -0.3 is 4.74 Å². The number of anilines is 1. The minimum absolute atomic E-state index is 0.136. The molecule has 2 aromatic heterocycles. The zero-order valence-corrected chi connectivity index (χ0v) is 14.4. The summed E-state index contributed by atoms with van der Waals surface area (Å²) in [6.45, 7) is 1.96. The third-order valence-electron chi connectivity index (χ3n) is 3.49. The zero-order chi connectivity index (χ0) is 17.9. The van der Waals surface area contributed by atoms with Crippen molar-refractivity contribution in [3.8, 4) is 0 Å². The molecule has 3 rings (SSSR count). The topological polar surface area (TPSA) is 89.8 Å². The maximum absolute atomic E-state index is 12.3. The first kappa shape index (κ1) is 17.0. The van der Waals surface area contributed by atoms with Crippen LogP contribution in [0.1, 0.15) is 22.8 Å². The molecule has 0 radical (unpaired) electrons. The van der Waals surface area contributed by atoms with Crippen LogP contribution < -0.4 is 4.72 Å². The van der Waals surface area contributed by atoms with Crippen LogP contribution in [0.15, 0.2) is 54.9 Å². The van der Waals surface area contributed by atoms with Crippen LogP contribution in [0.3, 0.4) is 0 Å². The number of sulfonamides is 1. The lowest BCUT2D eigenvalue weighted by Gasteiger charge is -2.09. The zero-order valence-electron chi connectivity index (χ0n) is 13.5. The van der Waals surface area contributed by atoms with Gasteiger partial charge in [-0.05, 0) is 24.6 Å². The van der Waals surface area contributed by atoms with Crippen LogP contribution in [-0.4, -0.2) is 30.6 Å². The summed E-state index contributed by atoms with van der Waals surface area (Å²) in [6.07, 6.45) is 2.98. The summed E-state index contributed by atoms with van der Waals surface area (Å²) in [5, 5.41) is 4.07. The van der Waals surface area contributed by atoms with Crippen LogP contribution in [0.25, 0.3) is 5.52 Å². The van der Waals surface area contributed by atoms with E-state index in [9.17, 15) is 13.2 Å². The van der Waals surface area contributed by atoms with Gasteiger partial charge in [0.1, 0.15) is 5.56 Å². The van der Waals surface area contributed by atoms with Gasteiger partial charge in [0.25, 0.3) is 0 Å². The van der Waals surface area contributed by atoms with Gasteiger partial charge in [0.05, 0.1) is 29.8 Å². The Balaban J connectivity index is 1.86. The first-order chi connectivity index (χ1) is 12.0. The third kappa shape index (κ3) is 3.97. The number of nitrogens with one attached hydrogen (secondary N) is 1. The summed E-state index contributed by atoms with van der Waals surface area (Å²) in [5.41, 5.74) is 1.80. The minimum Gasteiger partial charge on any atom is -0.462 e. The van der Waals surface area contributed by atoms with Crippen LogP contribution in [0.4, 0.5) is 5.69 Å². The standard InChI is InChI=1S/C17H17N3O4S/c1-2-24-17(21)15-11-18-20-9-8-14(10-16(15)20)19-25(22,23)12-13-6-4-3-5-7-13/h3-11,19H,2,12H2,1H3. The Labute approximate surface area is 145 Å². The van der Waals surface area contributed by atoms with Crippen molar-refractivity contribution in [2.75, 3.05) is 11.3 Å². The summed E-state index contributed by atoms with van der Waals surface area (Å²) in [7, 11) is -3.58. The van der Waals surface area contributed by atoms with Gasteiger partial charge in [-0.1, -0.05) is 30.3 Å². The quantitative estimate of drug-likeness (QED) is 0.683. The first-order valence-electron chi connectivity index (χ1n) is 7.67. The van der Waals surface area contributed by atoms with Crippen molar-refractivity contribution >= 4 is 27.2 Å². The number of carbonyl (C=O) groups is 1. The molecule has 2 heterocycles. The number of hydrogen-bond donors (Lipinski definition) is 1. The molecule has 1 aromatic carbocycles. The van der Waals surface area contributed by atoms with E-state index < -0.39 is 16.0 Å². The molecule has 0 aliphatic carbocycles. The van der Waals surface area contributed by atoms with Crippen molar-refractivity contribution < 1.29 is 17.9 Å².